The van der Waals surface area contributed by atoms with Crippen LogP contribution in [0.2, 0.25) is 0 Å². The Hall–Kier alpha value is -1.09. The van der Waals surface area contributed by atoms with E-state index in [0.29, 0.717) is 5.92 Å². The van der Waals surface area contributed by atoms with Gasteiger partial charge in [-0.25, -0.2) is 4.98 Å². The summed E-state index contributed by atoms with van der Waals surface area (Å²) in [5.74, 6) is 1.56. The molecule has 0 radical (unpaired) electrons. The van der Waals surface area contributed by atoms with Crippen LogP contribution in [0.3, 0.4) is 0 Å². The van der Waals surface area contributed by atoms with Gasteiger partial charge in [-0.1, -0.05) is 19.9 Å². The van der Waals surface area contributed by atoms with E-state index < -0.39 is 0 Å². The second-order valence-electron chi connectivity index (χ2n) is 4.47. The predicted molar refractivity (Wildman–Crippen MR) is 67.7 cm³/mol. The Bertz CT molecular complexity index is 282. The summed E-state index contributed by atoms with van der Waals surface area (Å²) in [4.78, 5) is 4.27. The lowest BCUT2D eigenvalue weighted by Crippen LogP contribution is -2.09. The number of nitrogens with one attached hydrogen (secondary N) is 1. The molecule has 0 unspecified atom stereocenters. The van der Waals surface area contributed by atoms with Crippen molar-refractivity contribution in [3.8, 4) is 0 Å². The minimum absolute atomic E-state index is 0.617. The van der Waals surface area contributed by atoms with Gasteiger partial charge in [-0.3, -0.25) is 0 Å². The average Bonchev–Trinajstić information content (AvgIpc) is 2.25. The van der Waals surface area contributed by atoms with Crippen molar-refractivity contribution < 1.29 is 4.74 Å². The largest absolute Gasteiger partial charge is 0.381 e. The molecule has 0 atom stereocenters. The zero-order valence-electron chi connectivity index (χ0n) is 10.5. The zero-order valence-corrected chi connectivity index (χ0v) is 10.5. The van der Waals surface area contributed by atoms with E-state index in [-0.39, 0.29) is 0 Å². The Balaban J connectivity index is 2.05. The highest BCUT2D eigenvalue weighted by atomic mass is 16.5. The number of aromatic nitrogens is 1. The lowest BCUT2D eigenvalue weighted by Gasteiger charge is -2.08. The first-order chi connectivity index (χ1) is 7.68. The van der Waals surface area contributed by atoms with Gasteiger partial charge in [0.25, 0.3) is 0 Å². The number of anilines is 1. The smallest absolute Gasteiger partial charge is 0.125 e. The van der Waals surface area contributed by atoms with Crippen molar-refractivity contribution in [2.45, 2.75) is 27.2 Å². The van der Waals surface area contributed by atoms with Gasteiger partial charge in [0.2, 0.25) is 0 Å². The van der Waals surface area contributed by atoms with Gasteiger partial charge in [-0.05, 0) is 30.9 Å². The molecule has 0 aliphatic heterocycles. The number of aryl methyl sites for hydroxylation is 1. The minimum Gasteiger partial charge on any atom is -0.381 e. The molecule has 3 nitrogen and oxygen atoms in total. The zero-order chi connectivity index (χ0) is 11.8. The summed E-state index contributed by atoms with van der Waals surface area (Å²) in [6, 6.07) is 4.06. The van der Waals surface area contributed by atoms with Gasteiger partial charge in [-0.15, -0.1) is 0 Å². The Kier molecular flexibility index (Phi) is 5.86. The van der Waals surface area contributed by atoms with Crippen LogP contribution in [-0.4, -0.2) is 24.7 Å². The van der Waals surface area contributed by atoms with Crippen LogP contribution in [0.5, 0.6) is 0 Å². The molecule has 0 fully saturated rings. The van der Waals surface area contributed by atoms with Gasteiger partial charge in [0.05, 0.1) is 0 Å². The molecule has 0 aromatic carbocycles. The van der Waals surface area contributed by atoms with Crippen molar-refractivity contribution in [3.05, 3.63) is 23.9 Å². The Morgan fingerprint density at radius 2 is 2.19 bits per heavy atom. The second-order valence-corrected chi connectivity index (χ2v) is 4.47. The summed E-state index contributed by atoms with van der Waals surface area (Å²) in [7, 11) is 0. The topological polar surface area (TPSA) is 34.1 Å². The van der Waals surface area contributed by atoms with Crippen LogP contribution >= 0.6 is 0 Å². The van der Waals surface area contributed by atoms with Crippen LogP contribution in [0.4, 0.5) is 5.82 Å². The van der Waals surface area contributed by atoms with Gasteiger partial charge in [0.1, 0.15) is 5.82 Å². The Morgan fingerprint density at radius 3 is 2.81 bits per heavy atom. The Morgan fingerprint density at radius 1 is 1.38 bits per heavy atom. The van der Waals surface area contributed by atoms with Gasteiger partial charge < -0.3 is 10.1 Å². The highest BCUT2D eigenvalue weighted by Crippen LogP contribution is 2.03. The first kappa shape index (κ1) is 13.0. The van der Waals surface area contributed by atoms with Crippen molar-refractivity contribution >= 4 is 5.82 Å². The lowest BCUT2D eigenvalue weighted by molar-refractivity contribution is 0.110. The minimum atomic E-state index is 0.617. The molecular weight excluding hydrogens is 200 g/mol. The van der Waals surface area contributed by atoms with Gasteiger partial charge in [0.15, 0.2) is 0 Å². The fraction of sp³-hybridized carbons (Fsp3) is 0.615. The first-order valence-corrected chi connectivity index (χ1v) is 5.93. The van der Waals surface area contributed by atoms with Crippen molar-refractivity contribution in [1.82, 2.24) is 4.98 Å². The van der Waals surface area contributed by atoms with Gasteiger partial charge >= 0.3 is 0 Å². The summed E-state index contributed by atoms with van der Waals surface area (Å²) in [5.41, 5.74) is 1.19. The van der Waals surface area contributed by atoms with E-state index >= 15 is 0 Å². The molecule has 16 heavy (non-hydrogen) atoms. The molecule has 90 valence electrons. The number of pyridine rings is 1. The highest BCUT2D eigenvalue weighted by molar-refractivity contribution is 5.34. The molecule has 0 saturated heterocycles. The number of hydrogen-bond donors (Lipinski definition) is 1. The molecule has 0 aliphatic rings. The standard InChI is InChI=1S/C13H22N2O/c1-11(2)10-16-8-4-7-14-13-6-5-12(3)9-15-13/h5-6,9,11H,4,7-8,10H2,1-3H3,(H,14,15). The molecule has 0 bridgehead atoms. The molecule has 1 N–H and O–H groups in total. The van der Waals surface area contributed by atoms with Crippen LogP contribution in [0.1, 0.15) is 25.8 Å². The maximum atomic E-state index is 5.49. The second kappa shape index (κ2) is 7.23. The van der Waals surface area contributed by atoms with Crippen LogP contribution in [0.25, 0.3) is 0 Å². The molecule has 1 aromatic rings. The number of nitrogens with zero attached hydrogens (tertiary/aromatic N) is 1. The first-order valence-electron chi connectivity index (χ1n) is 5.93. The molecule has 0 amide bonds. The number of ether oxygens (including phenoxy) is 1. The molecule has 3 heteroatoms. The SMILES string of the molecule is Cc1ccc(NCCCOCC(C)C)nc1. The van der Waals surface area contributed by atoms with Crippen LogP contribution in [-0.2, 0) is 4.74 Å². The molecule has 0 aliphatic carbocycles. The van der Waals surface area contributed by atoms with Crippen LogP contribution in [0.15, 0.2) is 18.3 Å². The van der Waals surface area contributed by atoms with Gasteiger partial charge in [-0.2, -0.15) is 0 Å². The molecular formula is C13H22N2O. The van der Waals surface area contributed by atoms with E-state index in [1.54, 1.807) is 0 Å². The summed E-state index contributed by atoms with van der Waals surface area (Å²) >= 11 is 0. The van der Waals surface area contributed by atoms with E-state index in [0.717, 1.165) is 32.0 Å². The summed E-state index contributed by atoms with van der Waals surface area (Å²) in [6.45, 7) is 8.94. The summed E-state index contributed by atoms with van der Waals surface area (Å²) in [5, 5.41) is 3.27. The normalized spacial score (nSPS) is 10.8. The van der Waals surface area contributed by atoms with E-state index in [2.05, 4.69) is 30.2 Å². The fourth-order valence-electron chi connectivity index (χ4n) is 1.28. The van der Waals surface area contributed by atoms with Crippen molar-refractivity contribution in [3.63, 3.8) is 0 Å². The van der Waals surface area contributed by atoms with E-state index in [1.165, 1.54) is 5.56 Å². The maximum Gasteiger partial charge on any atom is 0.125 e. The van der Waals surface area contributed by atoms with Crippen molar-refractivity contribution in [1.29, 1.82) is 0 Å². The van der Waals surface area contributed by atoms with E-state index in [9.17, 15) is 0 Å². The molecule has 0 spiro atoms. The lowest BCUT2D eigenvalue weighted by atomic mass is 10.2. The third-order valence-electron chi connectivity index (χ3n) is 2.13. The maximum absolute atomic E-state index is 5.49. The summed E-state index contributed by atoms with van der Waals surface area (Å²) in [6.07, 6.45) is 2.89. The van der Waals surface area contributed by atoms with Crippen molar-refractivity contribution in [2.75, 3.05) is 25.1 Å². The average molecular weight is 222 g/mol. The molecule has 0 saturated carbocycles. The predicted octanol–water partition coefficient (Wildman–Crippen LogP) is 2.86. The molecule has 1 heterocycles. The van der Waals surface area contributed by atoms with Crippen LogP contribution < -0.4 is 5.32 Å². The quantitative estimate of drug-likeness (QED) is 0.720. The fourth-order valence-corrected chi connectivity index (χ4v) is 1.28. The number of hydrogen-bond acceptors (Lipinski definition) is 3. The molecule has 1 rings (SSSR count). The number of rotatable bonds is 7. The van der Waals surface area contributed by atoms with Gasteiger partial charge in [0, 0.05) is 26.0 Å². The monoisotopic (exact) mass is 222 g/mol. The Labute approximate surface area is 98.2 Å². The van der Waals surface area contributed by atoms with E-state index in [4.69, 9.17) is 4.74 Å². The van der Waals surface area contributed by atoms with Crippen LogP contribution in [0, 0.1) is 12.8 Å². The molecule has 1 aromatic heterocycles. The van der Waals surface area contributed by atoms with Crippen molar-refractivity contribution in [2.24, 2.45) is 5.92 Å². The highest BCUT2D eigenvalue weighted by Gasteiger charge is 1.95. The third kappa shape index (κ3) is 5.71. The van der Waals surface area contributed by atoms with E-state index in [1.807, 2.05) is 19.2 Å². The summed E-state index contributed by atoms with van der Waals surface area (Å²) < 4.78 is 5.49. The third-order valence-corrected chi connectivity index (χ3v) is 2.13.